The Morgan fingerprint density at radius 2 is 2.05 bits per heavy atom. The summed E-state index contributed by atoms with van der Waals surface area (Å²) >= 11 is 0. The van der Waals surface area contributed by atoms with Gasteiger partial charge in [0.25, 0.3) is 0 Å². The molecule has 0 saturated heterocycles. The van der Waals surface area contributed by atoms with Crippen LogP contribution < -0.4 is 5.32 Å². The first kappa shape index (κ1) is 16.5. The highest BCUT2D eigenvalue weighted by Crippen LogP contribution is 2.35. The molecular weight excluding hydrogens is 256 g/mol. The van der Waals surface area contributed by atoms with Crippen molar-refractivity contribution in [3.8, 4) is 0 Å². The van der Waals surface area contributed by atoms with Gasteiger partial charge < -0.3 is 10.2 Å². The monoisotopic (exact) mass is 288 g/mol. The Kier molecular flexibility index (Phi) is 5.45. The van der Waals surface area contributed by atoms with Gasteiger partial charge in [-0.15, -0.1) is 0 Å². The van der Waals surface area contributed by atoms with E-state index in [1.165, 1.54) is 36.8 Å². The van der Waals surface area contributed by atoms with E-state index < -0.39 is 0 Å². The zero-order chi connectivity index (χ0) is 15.5. The van der Waals surface area contributed by atoms with Gasteiger partial charge in [0.1, 0.15) is 0 Å². The fourth-order valence-corrected chi connectivity index (χ4v) is 3.88. The summed E-state index contributed by atoms with van der Waals surface area (Å²) in [4.78, 5) is 2.46. The lowest BCUT2D eigenvalue weighted by molar-refractivity contribution is 0.0728. The van der Waals surface area contributed by atoms with E-state index in [0.717, 1.165) is 12.5 Å². The third-order valence-electron chi connectivity index (χ3n) is 5.41. The van der Waals surface area contributed by atoms with Crippen LogP contribution >= 0.6 is 0 Å². The third kappa shape index (κ3) is 3.87. The van der Waals surface area contributed by atoms with Gasteiger partial charge in [-0.05, 0) is 57.8 Å². The van der Waals surface area contributed by atoms with Crippen LogP contribution in [0.25, 0.3) is 0 Å². The molecular formula is C19H32N2. The average Bonchev–Trinajstić information content (AvgIpc) is 2.45. The fourth-order valence-electron chi connectivity index (χ4n) is 3.88. The molecule has 2 nitrogen and oxygen atoms in total. The van der Waals surface area contributed by atoms with Gasteiger partial charge in [0, 0.05) is 18.1 Å². The maximum atomic E-state index is 3.81. The fraction of sp³-hybridized carbons (Fsp3) is 0.684. The Labute approximate surface area is 130 Å². The summed E-state index contributed by atoms with van der Waals surface area (Å²) in [5.74, 6) is 0.844. The lowest BCUT2D eigenvalue weighted by atomic mass is 9.75. The third-order valence-corrected chi connectivity index (χ3v) is 5.41. The number of rotatable bonds is 5. The van der Waals surface area contributed by atoms with Gasteiger partial charge in [0.05, 0.1) is 0 Å². The minimum Gasteiger partial charge on any atom is -0.308 e. The number of aryl methyl sites for hydroxylation is 1. The SMILES string of the molecule is Cc1ccccc1C(C)NCC1(N(C)C)CCCC(C)C1. The second-order valence-electron chi connectivity index (χ2n) is 7.28. The van der Waals surface area contributed by atoms with Gasteiger partial charge in [0.15, 0.2) is 0 Å². The number of hydrogen-bond acceptors (Lipinski definition) is 2. The molecule has 0 radical (unpaired) electrons. The van der Waals surface area contributed by atoms with Crippen LogP contribution in [-0.2, 0) is 0 Å². The molecule has 3 atom stereocenters. The lowest BCUT2D eigenvalue weighted by Gasteiger charge is -2.46. The molecule has 1 aromatic rings. The van der Waals surface area contributed by atoms with Crippen LogP contribution in [0.5, 0.6) is 0 Å². The number of nitrogens with one attached hydrogen (secondary N) is 1. The summed E-state index contributed by atoms with van der Waals surface area (Å²) in [7, 11) is 4.50. The molecule has 0 spiro atoms. The normalized spacial score (nSPS) is 27.8. The van der Waals surface area contributed by atoms with Crippen molar-refractivity contribution in [1.29, 1.82) is 0 Å². The van der Waals surface area contributed by atoms with Crippen molar-refractivity contribution in [2.75, 3.05) is 20.6 Å². The highest BCUT2D eigenvalue weighted by atomic mass is 15.2. The van der Waals surface area contributed by atoms with Crippen LogP contribution in [-0.4, -0.2) is 31.1 Å². The van der Waals surface area contributed by atoms with Crippen molar-refractivity contribution in [3.05, 3.63) is 35.4 Å². The Morgan fingerprint density at radius 1 is 1.33 bits per heavy atom. The molecule has 0 aromatic heterocycles. The second-order valence-corrected chi connectivity index (χ2v) is 7.28. The highest BCUT2D eigenvalue weighted by Gasteiger charge is 2.36. The van der Waals surface area contributed by atoms with Crippen molar-refractivity contribution in [2.45, 2.75) is 58.0 Å². The van der Waals surface area contributed by atoms with Crippen LogP contribution in [0.15, 0.2) is 24.3 Å². The smallest absolute Gasteiger partial charge is 0.0330 e. The maximum absolute atomic E-state index is 3.81. The van der Waals surface area contributed by atoms with Gasteiger partial charge in [-0.3, -0.25) is 0 Å². The van der Waals surface area contributed by atoms with E-state index in [4.69, 9.17) is 0 Å². The van der Waals surface area contributed by atoms with Crippen molar-refractivity contribution < 1.29 is 0 Å². The van der Waals surface area contributed by atoms with Crippen LogP contribution in [0.1, 0.15) is 56.7 Å². The molecule has 0 bridgehead atoms. The van der Waals surface area contributed by atoms with Gasteiger partial charge in [0.2, 0.25) is 0 Å². The van der Waals surface area contributed by atoms with Gasteiger partial charge in [-0.25, -0.2) is 0 Å². The molecule has 1 aliphatic carbocycles. The average molecular weight is 288 g/mol. The van der Waals surface area contributed by atoms with E-state index in [0.29, 0.717) is 11.6 Å². The Balaban J connectivity index is 2.04. The summed E-state index contributed by atoms with van der Waals surface area (Å²) < 4.78 is 0. The Hall–Kier alpha value is -0.860. The van der Waals surface area contributed by atoms with Crippen LogP contribution in [0, 0.1) is 12.8 Å². The van der Waals surface area contributed by atoms with Crippen molar-refractivity contribution in [2.24, 2.45) is 5.92 Å². The van der Waals surface area contributed by atoms with Gasteiger partial charge >= 0.3 is 0 Å². The zero-order valence-corrected chi connectivity index (χ0v) is 14.4. The molecule has 1 fully saturated rings. The van der Waals surface area contributed by atoms with E-state index in [1.54, 1.807) is 0 Å². The van der Waals surface area contributed by atoms with E-state index in [-0.39, 0.29) is 0 Å². The van der Waals surface area contributed by atoms with Crippen LogP contribution in [0.3, 0.4) is 0 Å². The molecule has 1 aliphatic rings. The van der Waals surface area contributed by atoms with E-state index in [9.17, 15) is 0 Å². The quantitative estimate of drug-likeness (QED) is 0.875. The predicted octanol–water partition coefficient (Wildman–Crippen LogP) is 4.16. The highest BCUT2D eigenvalue weighted by molar-refractivity contribution is 5.28. The molecule has 1 N–H and O–H groups in total. The van der Waals surface area contributed by atoms with Crippen molar-refractivity contribution in [3.63, 3.8) is 0 Å². The van der Waals surface area contributed by atoms with Crippen molar-refractivity contribution in [1.82, 2.24) is 10.2 Å². The molecule has 0 amide bonds. The molecule has 0 heterocycles. The predicted molar refractivity (Wildman–Crippen MR) is 91.6 cm³/mol. The molecule has 2 rings (SSSR count). The zero-order valence-electron chi connectivity index (χ0n) is 14.4. The standard InChI is InChI=1S/C19H32N2/c1-15-9-8-12-19(13-15,21(4)5)14-20-17(3)18-11-7-6-10-16(18)2/h6-7,10-11,15,17,20H,8-9,12-14H2,1-5H3. The lowest BCUT2D eigenvalue weighted by Crippen LogP contribution is -2.54. The first-order chi connectivity index (χ1) is 9.94. The van der Waals surface area contributed by atoms with Gasteiger partial charge in [-0.1, -0.05) is 44.0 Å². The van der Waals surface area contributed by atoms with Crippen molar-refractivity contribution >= 4 is 0 Å². The largest absolute Gasteiger partial charge is 0.308 e. The number of benzene rings is 1. The van der Waals surface area contributed by atoms with Gasteiger partial charge in [-0.2, -0.15) is 0 Å². The summed E-state index contributed by atoms with van der Waals surface area (Å²) in [5.41, 5.74) is 3.14. The first-order valence-electron chi connectivity index (χ1n) is 8.41. The molecule has 1 aromatic carbocycles. The van der Waals surface area contributed by atoms with Crippen LogP contribution in [0.4, 0.5) is 0 Å². The molecule has 2 heteroatoms. The molecule has 0 aliphatic heterocycles. The Morgan fingerprint density at radius 3 is 2.67 bits per heavy atom. The summed E-state index contributed by atoms with van der Waals surface area (Å²) in [6.07, 6.45) is 5.38. The molecule has 1 saturated carbocycles. The summed E-state index contributed by atoms with van der Waals surface area (Å²) in [6, 6.07) is 9.14. The minimum absolute atomic E-state index is 0.328. The minimum atomic E-state index is 0.328. The number of likely N-dealkylation sites (N-methyl/N-ethyl adjacent to an activating group) is 1. The molecule has 21 heavy (non-hydrogen) atoms. The number of hydrogen-bond donors (Lipinski definition) is 1. The first-order valence-corrected chi connectivity index (χ1v) is 8.41. The molecule has 3 unspecified atom stereocenters. The van der Waals surface area contributed by atoms with E-state index in [2.05, 4.69) is 69.3 Å². The van der Waals surface area contributed by atoms with E-state index >= 15 is 0 Å². The van der Waals surface area contributed by atoms with E-state index in [1.807, 2.05) is 0 Å². The van der Waals surface area contributed by atoms with Crippen LogP contribution in [0.2, 0.25) is 0 Å². The molecule has 118 valence electrons. The second kappa shape index (κ2) is 6.93. The summed E-state index contributed by atoms with van der Waals surface area (Å²) in [5, 5.41) is 3.81. The Bertz CT molecular complexity index is 455. The maximum Gasteiger partial charge on any atom is 0.0330 e. The number of nitrogens with zero attached hydrogens (tertiary/aromatic N) is 1. The summed E-state index contributed by atoms with van der Waals surface area (Å²) in [6.45, 7) is 7.98. The topological polar surface area (TPSA) is 15.3 Å².